The normalized spacial score (nSPS) is 10.8. The third-order valence-corrected chi connectivity index (χ3v) is 4.97. The number of aryl methyl sites for hydroxylation is 2. The molecule has 0 fully saturated rings. The summed E-state index contributed by atoms with van der Waals surface area (Å²) in [7, 11) is 0. The van der Waals surface area contributed by atoms with Crippen molar-refractivity contribution in [2.45, 2.75) is 46.5 Å². The fourth-order valence-corrected chi connectivity index (χ4v) is 3.66. The number of amides is 1. The van der Waals surface area contributed by atoms with Gasteiger partial charge in [0.05, 0.1) is 5.69 Å². The van der Waals surface area contributed by atoms with Gasteiger partial charge in [0.15, 0.2) is 0 Å². The Morgan fingerprint density at radius 1 is 1.17 bits per heavy atom. The molecular formula is C23H27N5O. The third kappa shape index (κ3) is 4.62. The number of unbranched alkanes of at least 4 members (excludes halogenated alkanes) is 3. The maximum atomic E-state index is 12.6. The summed E-state index contributed by atoms with van der Waals surface area (Å²) < 4.78 is 2.05. The molecule has 150 valence electrons. The molecule has 0 saturated heterocycles. The average molecular weight is 390 g/mol. The lowest BCUT2D eigenvalue weighted by molar-refractivity contribution is -0.116. The van der Waals surface area contributed by atoms with E-state index >= 15 is 0 Å². The number of rotatable bonds is 8. The van der Waals surface area contributed by atoms with Gasteiger partial charge in [-0.2, -0.15) is 0 Å². The molecule has 3 aromatic rings. The van der Waals surface area contributed by atoms with Gasteiger partial charge in [-0.25, -0.2) is 11.6 Å². The van der Waals surface area contributed by atoms with E-state index in [0.29, 0.717) is 13.1 Å². The van der Waals surface area contributed by atoms with Gasteiger partial charge in [-0.05, 0) is 56.5 Å². The Bertz CT molecular complexity index is 1030. The van der Waals surface area contributed by atoms with Crippen LogP contribution in [0, 0.1) is 20.4 Å². The van der Waals surface area contributed by atoms with Crippen LogP contribution in [0.5, 0.6) is 0 Å². The number of hydrogen-bond acceptors (Lipinski definition) is 3. The SMILES string of the molecule is [C-]#[N+]CCCCCCN(C(C)=O)c1c(-c2ccccn2)nc2cc(C)cc(C)n12. The van der Waals surface area contributed by atoms with Crippen molar-refractivity contribution in [3.8, 4) is 11.4 Å². The lowest BCUT2D eigenvalue weighted by Crippen LogP contribution is -2.31. The van der Waals surface area contributed by atoms with E-state index in [0.717, 1.165) is 59.8 Å². The first kappa shape index (κ1) is 20.5. The van der Waals surface area contributed by atoms with Crippen molar-refractivity contribution in [1.29, 1.82) is 0 Å². The molecule has 0 aliphatic heterocycles. The summed E-state index contributed by atoms with van der Waals surface area (Å²) in [6.45, 7) is 13.8. The van der Waals surface area contributed by atoms with Crippen LogP contribution in [0.25, 0.3) is 21.9 Å². The minimum absolute atomic E-state index is 0.00915. The lowest BCUT2D eigenvalue weighted by Gasteiger charge is -2.22. The van der Waals surface area contributed by atoms with Crippen molar-refractivity contribution in [3.05, 3.63) is 59.2 Å². The maximum Gasteiger partial charge on any atom is 0.225 e. The van der Waals surface area contributed by atoms with Crippen LogP contribution in [0.15, 0.2) is 36.5 Å². The van der Waals surface area contributed by atoms with E-state index in [2.05, 4.69) is 20.3 Å². The number of hydrogen-bond donors (Lipinski definition) is 0. The molecule has 0 saturated carbocycles. The number of carbonyl (C=O) groups is 1. The van der Waals surface area contributed by atoms with E-state index in [4.69, 9.17) is 11.6 Å². The van der Waals surface area contributed by atoms with Crippen LogP contribution in [0.4, 0.5) is 5.82 Å². The highest BCUT2D eigenvalue weighted by molar-refractivity contribution is 5.95. The first-order valence-electron chi connectivity index (χ1n) is 10.1. The molecule has 3 rings (SSSR count). The zero-order valence-corrected chi connectivity index (χ0v) is 17.4. The van der Waals surface area contributed by atoms with Gasteiger partial charge in [0, 0.05) is 31.8 Å². The minimum Gasteiger partial charge on any atom is -0.317 e. The molecule has 0 atom stereocenters. The minimum atomic E-state index is -0.00915. The number of fused-ring (bicyclic) bond motifs is 1. The van der Waals surface area contributed by atoms with E-state index in [1.807, 2.05) is 43.0 Å². The number of nitrogens with zero attached hydrogens (tertiary/aromatic N) is 5. The largest absolute Gasteiger partial charge is 0.317 e. The molecule has 29 heavy (non-hydrogen) atoms. The number of pyridine rings is 2. The quantitative estimate of drug-likeness (QED) is 0.409. The monoisotopic (exact) mass is 389 g/mol. The van der Waals surface area contributed by atoms with Crippen molar-refractivity contribution in [2.75, 3.05) is 18.0 Å². The molecule has 1 amide bonds. The summed E-state index contributed by atoms with van der Waals surface area (Å²) in [6.07, 6.45) is 5.55. The summed E-state index contributed by atoms with van der Waals surface area (Å²) >= 11 is 0. The summed E-state index contributed by atoms with van der Waals surface area (Å²) in [5.74, 6) is 0.773. The third-order valence-electron chi connectivity index (χ3n) is 4.97. The molecule has 0 spiro atoms. The number of aromatic nitrogens is 3. The van der Waals surface area contributed by atoms with Crippen LogP contribution >= 0.6 is 0 Å². The predicted molar refractivity (Wildman–Crippen MR) is 116 cm³/mol. The molecule has 6 nitrogen and oxygen atoms in total. The van der Waals surface area contributed by atoms with E-state index in [9.17, 15) is 4.79 Å². The van der Waals surface area contributed by atoms with Crippen LogP contribution in [0.3, 0.4) is 0 Å². The van der Waals surface area contributed by atoms with E-state index in [1.54, 1.807) is 13.1 Å². The van der Waals surface area contributed by atoms with Gasteiger partial charge in [0.2, 0.25) is 12.5 Å². The molecule has 0 radical (unpaired) electrons. The summed E-state index contributed by atoms with van der Waals surface area (Å²) in [4.78, 5) is 27.2. The Labute approximate surface area is 172 Å². The zero-order valence-electron chi connectivity index (χ0n) is 17.4. The highest BCUT2D eigenvalue weighted by Crippen LogP contribution is 2.32. The fourth-order valence-electron chi connectivity index (χ4n) is 3.66. The number of anilines is 1. The lowest BCUT2D eigenvalue weighted by atomic mass is 10.2. The zero-order chi connectivity index (χ0) is 20.8. The summed E-state index contributed by atoms with van der Waals surface area (Å²) in [5.41, 5.74) is 4.47. The van der Waals surface area contributed by atoms with Crippen molar-refractivity contribution >= 4 is 17.4 Å². The van der Waals surface area contributed by atoms with Gasteiger partial charge in [0.1, 0.15) is 17.2 Å². The fraction of sp³-hybridized carbons (Fsp3) is 0.391. The van der Waals surface area contributed by atoms with Crippen molar-refractivity contribution < 1.29 is 4.79 Å². The molecular weight excluding hydrogens is 362 g/mol. The Morgan fingerprint density at radius 3 is 2.66 bits per heavy atom. The molecule has 0 aliphatic carbocycles. The van der Waals surface area contributed by atoms with Gasteiger partial charge in [-0.3, -0.25) is 19.1 Å². The number of imidazole rings is 1. The highest BCUT2D eigenvalue weighted by atomic mass is 16.2. The highest BCUT2D eigenvalue weighted by Gasteiger charge is 2.24. The molecule has 0 aliphatic rings. The first-order valence-corrected chi connectivity index (χ1v) is 10.1. The van der Waals surface area contributed by atoms with Gasteiger partial charge >= 0.3 is 0 Å². The van der Waals surface area contributed by atoms with Crippen LogP contribution in [0.2, 0.25) is 0 Å². The van der Waals surface area contributed by atoms with Crippen LogP contribution < -0.4 is 4.90 Å². The van der Waals surface area contributed by atoms with Gasteiger partial charge < -0.3 is 4.85 Å². The first-order chi connectivity index (χ1) is 14.0. The summed E-state index contributed by atoms with van der Waals surface area (Å²) in [6, 6.07) is 9.87. The second kappa shape index (κ2) is 9.33. The van der Waals surface area contributed by atoms with E-state index in [-0.39, 0.29) is 5.91 Å². The van der Waals surface area contributed by atoms with Gasteiger partial charge in [-0.1, -0.05) is 12.5 Å². The average Bonchev–Trinajstić information content (AvgIpc) is 3.07. The maximum absolute atomic E-state index is 12.6. The standard InChI is InChI=1S/C23H27N5O/c1-17-15-18(2)28-21(16-17)26-22(20-11-7-9-13-25-20)23(28)27(19(3)29)14-10-6-5-8-12-24-4/h7,9,11,13,15-16H,5-6,8,10,12,14H2,1-3H3. The molecule has 3 aromatic heterocycles. The van der Waals surface area contributed by atoms with Crippen LogP contribution in [-0.4, -0.2) is 33.4 Å². The Morgan fingerprint density at radius 2 is 1.97 bits per heavy atom. The van der Waals surface area contributed by atoms with Crippen LogP contribution in [-0.2, 0) is 4.79 Å². The predicted octanol–water partition coefficient (Wildman–Crippen LogP) is 4.85. The second-order valence-electron chi connectivity index (χ2n) is 7.33. The van der Waals surface area contributed by atoms with Crippen LogP contribution in [0.1, 0.15) is 43.9 Å². The topological polar surface area (TPSA) is 54.9 Å². The Kier molecular flexibility index (Phi) is 6.61. The van der Waals surface area contributed by atoms with Crippen molar-refractivity contribution in [1.82, 2.24) is 14.4 Å². The van der Waals surface area contributed by atoms with E-state index in [1.165, 1.54) is 0 Å². The summed E-state index contributed by atoms with van der Waals surface area (Å²) in [5, 5.41) is 0. The van der Waals surface area contributed by atoms with Crippen molar-refractivity contribution in [3.63, 3.8) is 0 Å². The molecule has 0 N–H and O–H groups in total. The second-order valence-corrected chi connectivity index (χ2v) is 7.33. The van der Waals surface area contributed by atoms with Gasteiger partial charge in [-0.15, -0.1) is 0 Å². The molecule has 0 aromatic carbocycles. The Hall–Kier alpha value is -3.20. The smallest absolute Gasteiger partial charge is 0.225 e. The Balaban J connectivity index is 2.02. The molecule has 6 heteroatoms. The molecule has 0 bridgehead atoms. The van der Waals surface area contributed by atoms with E-state index < -0.39 is 0 Å². The molecule has 3 heterocycles. The van der Waals surface area contributed by atoms with Gasteiger partial charge in [0.25, 0.3) is 0 Å². The van der Waals surface area contributed by atoms with Crippen molar-refractivity contribution in [2.24, 2.45) is 0 Å². The molecule has 0 unspecified atom stereocenters. The number of carbonyl (C=O) groups excluding carboxylic acids is 1.